The third-order valence-electron chi connectivity index (χ3n) is 4.30. The van der Waals surface area contributed by atoms with Crippen LogP contribution in [0.25, 0.3) is 0 Å². The minimum Gasteiger partial charge on any atom is -0.456 e. The normalized spacial score (nSPS) is 10.7. The number of amides is 1. The second kappa shape index (κ2) is 9.81. The van der Waals surface area contributed by atoms with Gasteiger partial charge < -0.3 is 19.4 Å². The number of benzene rings is 1. The fourth-order valence-electron chi connectivity index (χ4n) is 2.95. The first kappa shape index (κ1) is 22.1. The molecule has 1 aromatic heterocycles. The summed E-state index contributed by atoms with van der Waals surface area (Å²) in [4.78, 5) is 36.3. The Hall–Kier alpha value is -3.23. The molecule has 0 aliphatic carbocycles. The van der Waals surface area contributed by atoms with Crippen LogP contribution >= 0.6 is 0 Å². The van der Waals surface area contributed by atoms with Gasteiger partial charge in [0.2, 0.25) is 5.78 Å². The number of carbonyl (C=O) groups is 3. The number of para-hydroxylation sites is 1. The number of ketones is 1. The molecule has 1 amide bonds. The maximum absolute atomic E-state index is 12.4. The van der Waals surface area contributed by atoms with Crippen molar-refractivity contribution in [2.75, 3.05) is 13.2 Å². The molecule has 0 aliphatic rings. The van der Waals surface area contributed by atoms with Gasteiger partial charge in [0.1, 0.15) is 12.3 Å². The quantitative estimate of drug-likeness (QED) is 0.509. The Balaban J connectivity index is 1.89. The predicted octanol–water partition coefficient (Wildman–Crippen LogP) is 2.88. The first-order chi connectivity index (χ1) is 13.7. The molecule has 1 aromatic carbocycles. The summed E-state index contributed by atoms with van der Waals surface area (Å²) in [6, 6.07) is 7.13. The number of alkyl halides is 2. The van der Waals surface area contributed by atoms with Crippen molar-refractivity contribution < 1.29 is 32.6 Å². The number of Topliss-reactive ketones (excluding diaryl/α,β-unsaturated/α-hetero) is 1. The Bertz CT molecular complexity index is 908. The number of esters is 1. The Morgan fingerprint density at radius 2 is 1.83 bits per heavy atom. The molecule has 0 atom stereocenters. The number of rotatable bonds is 9. The van der Waals surface area contributed by atoms with E-state index in [2.05, 4.69) is 10.1 Å². The molecule has 0 aliphatic heterocycles. The molecule has 2 aromatic rings. The Morgan fingerprint density at radius 3 is 2.45 bits per heavy atom. The minimum atomic E-state index is -3.09. The summed E-state index contributed by atoms with van der Waals surface area (Å²) in [5.74, 6) is -2.28. The highest BCUT2D eigenvalue weighted by molar-refractivity contribution is 6.00. The molecule has 1 heterocycles. The van der Waals surface area contributed by atoms with Crippen molar-refractivity contribution in [1.82, 2.24) is 9.88 Å². The van der Waals surface area contributed by atoms with Gasteiger partial charge in [-0.3, -0.25) is 14.4 Å². The maximum Gasteiger partial charge on any atom is 0.387 e. The molecule has 2 rings (SSSR count). The van der Waals surface area contributed by atoms with Gasteiger partial charge in [0.15, 0.2) is 6.61 Å². The van der Waals surface area contributed by atoms with E-state index in [1.54, 1.807) is 6.07 Å². The van der Waals surface area contributed by atoms with E-state index < -0.39 is 31.6 Å². The van der Waals surface area contributed by atoms with Gasteiger partial charge in [-0.05, 0) is 39.0 Å². The first-order valence-electron chi connectivity index (χ1n) is 8.92. The molecule has 156 valence electrons. The summed E-state index contributed by atoms with van der Waals surface area (Å²) in [5, 5.41) is 2.26. The van der Waals surface area contributed by atoms with Gasteiger partial charge >= 0.3 is 12.6 Å². The van der Waals surface area contributed by atoms with Gasteiger partial charge in [-0.1, -0.05) is 12.1 Å². The molecule has 1 N–H and O–H groups in total. The van der Waals surface area contributed by atoms with E-state index in [0.29, 0.717) is 12.1 Å². The van der Waals surface area contributed by atoms with Crippen molar-refractivity contribution in [2.45, 2.75) is 33.9 Å². The SMILES string of the molecule is CCn1c(C)cc(C(=O)COC(=O)CNC(=O)c2ccccc2OC(F)F)c1C. The van der Waals surface area contributed by atoms with E-state index in [1.807, 2.05) is 25.3 Å². The fraction of sp³-hybridized carbons (Fsp3) is 0.350. The zero-order valence-corrected chi connectivity index (χ0v) is 16.3. The van der Waals surface area contributed by atoms with E-state index in [-0.39, 0.29) is 17.1 Å². The van der Waals surface area contributed by atoms with Crippen LogP contribution in [0.2, 0.25) is 0 Å². The predicted molar refractivity (Wildman–Crippen MR) is 100 cm³/mol. The number of halogens is 2. The maximum atomic E-state index is 12.4. The van der Waals surface area contributed by atoms with Crippen LogP contribution in [0, 0.1) is 13.8 Å². The van der Waals surface area contributed by atoms with Crippen LogP contribution in [0.3, 0.4) is 0 Å². The molecule has 0 radical (unpaired) electrons. The van der Waals surface area contributed by atoms with Gasteiger partial charge in [-0.25, -0.2) is 0 Å². The molecule has 0 fully saturated rings. The monoisotopic (exact) mass is 408 g/mol. The number of aromatic nitrogens is 1. The zero-order valence-electron chi connectivity index (χ0n) is 16.3. The summed E-state index contributed by atoms with van der Waals surface area (Å²) in [6.07, 6.45) is 0. The molecule has 0 spiro atoms. The molecule has 0 saturated carbocycles. The van der Waals surface area contributed by atoms with E-state index in [9.17, 15) is 23.2 Å². The number of ether oxygens (including phenoxy) is 2. The van der Waals surface area contributed by atoms with Crippen LogP contribution < -0.4 is 10.1 Å². The third-order valence-corrected chi connectivity index (χ3v) is 4.30. The highest BCUT2D eigenvalue weighted by Crippen LogP contribution is 2.20. The second-order valence-electron chi connectivity index (χ2n) is 6.17. The van der Waals surface area contributed by atoms with Gasteiger partial charge in [-0.2, -0.15) is 8.78 Å². The van der Waals surface area contributed by atoms with Crippen LogP contribution in [-0.2, 0) is 16.1 Å². The Kier molecular flexibility index (Phi) is 7.46. The van der Waals surface area contributed by atoms with E-state index >= 15 is 0 Å². The first-order valence-corrected chi connectivity index (χ1v) is 8.92. The van der Waals surface area contributed by atoms with Crippen LogP contribution in [0.15, 0.2) is 30.3 Å². The van der Waals surface area contributed by atoms with Crippen molar-refractivity contribution in [1.29, 1.82) is 0 Å². The lowest BCUT2D eigenvalue weighted by Gasteiger charge is -2.10. The smallest absolute Gasteiger partial charge is 0.387 e. The Morgan fingerprint density at radius 1 is 1.14 bits per heavy atom. The molecule has 9 heteroatoms. The highest BCUT2D eigenvalue weighted by Gasteiger charge is 2.18. The molecule has 0 unspecified atom stereocenters. The summed E-state index contributed by atoms with van der Waals surface area (Å²) >= 11 is 0. The van der Waals surface area contributed by atoms with Crippen molar-refractivity contribution >= 4 is 17.7 Å². The summed E-state index contributed by atoms with van der Waals surface area (Å²) in [5.41, 5.74) is 2.04. The molecule has 0 bridgehead atoms. The summed E-state index contributed by atoms with van der Waals surface area (Å²) in [6.45, 7) is 2.29. The number of hydrogen-bond donors (Lipinski definition) is 1. The van der Waals surface area contributed by atoms with Crippen LogP contribution in [0.5, 0.6) is 5.75 Å². The van der Waals surface area contributed by atoms with Gasteiger partial charge in [0, 0.05) is 23.5 Å². The number of nitrogens with zero attached hydrogens (tertiary/aromatic N) is 1. The third kappa shape index (κ3) is 5.63. The van der Waals surface area contributed by atoms with Crippen LogP contribution in [0.1, 0.15) is 39.0 Å². The molecule has 0 saturated heterocycles. The van der Waals surface area contributed by atoms with Gasteiger partial charge in [0.25, 0.3) is 5.91 Å². The van der Waals surface area contributed by atoms with Gasteiger partial charge in [-0.15, -0.1) is 0 Å². The van der Waals surface area contributed by atoms with Crippen LogP contribution in [-0.4, -0.2) is 42.0 Å². The number of aryl methyl sites for hydroxylation is 1. The van der Waals surface area contributed by atoms with E-state index in [0.717, 1.165) is 11.4 Å². The standard InChI is InChI=1S/C20H22F2N2O5/c1-4-24-12(2)9-15(13(24)3)16(25)11-28-18(26)10-23-19(27)14-7-5-6-8-17(14)29-20(21)22/h5-9,20H,4,10-11H2,1-3H3,(H,23,27). The van der Waals surface area contributed by atoms with E-state index in [4.69, 9.17) is 4.74 Å². The van der Waals surface area contributed by atoms with Crippen molar-refractivity contribution in [3.8, 4) is 5.75 Å². The highest BCUT2D eigenvalue weighted by atomic mass is 19.3. The van der Waals surface area contributed by atoms with Crippen molar-refractivity contribution in [2.24, 2.45) is 0 Å². The summed E-state index contributed by atoms with van der Waals surface area (Å²) in [7, 11) is 0. The molecule has 7 nitrogen and oxygen atoms in total. The Labute approximate surface area is 166 Å². The lowest BCUT2D eigenvalue weighted by molar-refractivity contribution is -0.141. The topological polar surface area (TPSA) is 86.6 Å². The summed E-state index contributed by atoms with van der Waals surface area (Å²) < 4.78 is 36.0. The number of carbonyl (C=O) groups excluding carboxylic acids is 3. The largest absolute Gasteiger partial charge is 0.456 e. The van der Waals surface area contributed by atoms with Gasteiger partial charge in [0.05, 0.1) is 5.56 Å². The van der Waals surface area contributed by atoms with Crippen molar-refractivity contribution in [3.05, 3.63) is 52.8 Å². The lowest BCUT2D eigenvalue weighted by Crippen LogP contribution is -2.32. The molecular formula is C20H22F2N2O5. The molecular weight excluding hydrogens is 386 g/mol. The lowest BCUT2D eigenvalue weighted by atomic mass is 10.1. The number of nitrogens with one attached hydrogen (secondary N) is 1. The molecule has 29 heavy (non-hydrogen) atoms. The van der Waals surface area contributed by atoms with Crippen molar-refractivity contribution in [3.63, 3.8) is 0 Å². The van der Waals surface area contributed by atoms with Crippen LogP contribution in [0.4, 0.5) is 8.78 Å². The fourth-order valence-corrected chi connectivity index (χ4v) is 2.95. The minimum absolute atomic E-state index is 0.149. The number of hydrogen-bond acceptors (Lipinski definition) is 5. The second-order valence-corrected chi connectivity index (χ2v) is 6.17. The zero-order chi connectivity index (χ0) is 21.6. The van der Waals surface area contributed by atoms with E-state index in [1.165, 1.54) is 24.3 Å². The average Bonchev–Trinajstić information content (AvgIpc) is 2.97. The average molecular weight is 408 g/mol.